The summed E-state index contributed by atoms with van der Waals surface area (Å²) in [5.74, 6) is 0. The molecule has 0 heterocycles. The van der Waals surface area contributed by atoms with E-state index >= 15 is 0 Å². The van der Waals surface area contributed by atoms with Crippen LogP contribution in [0.15, 0.2) is 18.2 Å². The van der Waals surface area contributed by atoms with Gasteiger partial charge in [-0.2, -0.15) is 0 Å². The van der Waals surface area contributed by atoms with E-state index in [1.54, 1.807) is 0 Å². The molecular formula is C11H11Cl3Ti. The molecule has 0 spiro atoms. The molecule has 0 aliphatic heterocycles. The second-order valence-corrected chi connectivity index (χ2v) is 4.37. The molecular weight excluding hydrogens is 286 g/mol. The second kappa shape index (κ2) is 6.98. The van der Waals surface area contributed by atoms with Gasteiger partial charge in [0, 0.05) is 0 Å². The van der Waals surface area contributed by atoms with Gasteiger partial charge in [0.1, 0.15) is 0 Å². The van der Waals surface area contributed by atoms with Crippen LogP contribution in [0.25, 0.3) is 6.08 Å². The first-order valence-corrected chi connectivity index (χ1v) is 5.09. The van der Waals surface area contributed by atoms with Crippen LogP contribution in [0.5, 0.6) is 0 Å². The fraction of sp³-hybridized carbons (Fsp3) is 0.273. The van der Waals surface area contributed by atoms with Crippen molar-refractivity contribution >= 4 is 6.08 Å². The van der Waals surface area contributed by atoms with Gasteiger partial charge in [-0.25, -0.2) is 0 Å². The molecule has 0 radical (unpaired) electrons. The van der Waals surface area contributed by atoms with E-state index in [2.05, 4.69) is 58.6 Å². The molecule has 0 bridgehead atoms. The van der Waals surface area contributed by atoms with Crippen molar-refractivity contribution < 1.29 is 57.7 Å². The fourth-order valence-electron chi connectivity index (χ4n) is 1.58. The van der Waals surface area contributed by atoms with Crippen molar-refractivity contribution in [3.8, 4) is 0 Å². The maximum Gasteiger partial charge on any atom is -1.00 e. The molecule has 0 saturated carbocycles. The van der Waals surface area contributed by atoms with Crippen LogP contribution in [0, 0.1) is 13.8 Å². The summed E-state index contributed by atoms with van der Waals surface area (Å²) in [5.41, 5.74) is 5.69. The summed E-state index contributed by atoms with van der Waals surface area (Å²) in [5, 5.41) is 0. The molecule has 0 amide bonds. The minimum atomic E-state index is 0. The predicted octanol–water partition coefficient (Wildman–Crippen LogP) is -6.07. The van der Waals surface area contributed by atoms with Crippen molar-refractivity contribution in [2.75, 3.05) is 0 Å². The summed E-state index contributed by atoms with van der Waals surface area (Å²) in [6, 6.07) is 4.60. The molecule has 1 aliphatic carbocycles. The zero-order valence-electron chi connectivity index (χ0n) is 8.52. The Morgan fingerprint density at radius 2 is 1.53 bits per heavy atom. The van der Waals surface area contributed by atoms with Gasteiger partial charge in [0.05, 0.1) is 0 Å². The van der Waals surface area contributed by atoms with Gasteiger partial charge in [0.25, 0.3) is 0 Å². The summed E-state index contributed by atoms with van der Waals surface area (Å²) in [6.45, 7) is 4.35. The summed E-state index contributed by atoms with van der Waals surface area (Å²) in [7, 11) is 0. The molecule has 0 nitrogen and oxygen atoms in total. The SMILES string of the molecule is Cc1cc2c(cc1C)[CH]([Ti+3])C=C2.[Cl-].[Cl-].[Cl-]. The Balaban J connectivity index is 0. The van der Waals surface area contributed by atoms with Crippen LogP contribution in [0.1, 0.15) is 26.5 Å². The topological polar surface area (TPSA) is 0 Å². The monoisotopic (exact) mass is 296 g/mol. The van der Waals surface area contributed by atoms with Gasteiger partial charge in [-0.05, 0) is 0 Å². The third kappa shape index (κ3) is 3.51. The van der Waals surface area contributed by atoms with Gasteiger partial charge in [-0.3, -0.25) is 0 Å². The second-order valence-electron chi connectivity index (χ2n) is 3.40. The number of fused-ring (bicyclic) bond motifs is 1. The predicted molar refractivity (Wildman–Crippen MR) is 47.7 cm³/mol. The Kier molecular flexibility index (Phi) is 8.35. The minimum Gasteiger partial charge on any atom is -1.00 e. The van der Waals surface area contributed by atoms with Crippen LogP contribution in [0.4, 0.5) is 0 Å². The van der Waals surface area contributed by atoms with E-state index in [1.807, 2.05) is 0 Å². The van der Waals surface area contributed by atoms with Crippen molar-refractivity contribution in [3.63, 3.8) is 0 Å². The van der Waals surface area contributed by atoms with Crippen LogP contribution in [-0.4, -0.2) is 0 Å². The van der Waals surface area contributed by atoms with Gasteiger partial charge in [-0.1, -0.05) is 0 Å². The first kappa shape index (κ1) is 17.9. The van der Waals surface area contributed by atoms with E-state index in [9.17, 15) is 0 Å². The van der Waals surface area contributed by atoms with Gasteiger partial charge in [0.2, 0.25) is 0 Å². The molecule has 80 valence electrons. The molecule has 1 aliphatic rings. The van der Waals surface area contributed by atoms with E-state index in [0.29, 0.717) is 4.22 Å². The van der Waals surface area contributed by atoms with Crippen molar-refractivity contribution in [2.24, 2.45) is 0 Å². The Hall–Kier alpha value is 0.544. The summed E-state index contributed by atoms with van der Waals surface area (Å²) in [6.07, 6.45) is 4.50. The standard InChI is InChI=1S/C11H11.3ClH.Ti/c1-8-6-10-4-3-5-11(10)7-9(8)2;;;;/h3-7H,1-2H3;3*1H;/q;;;;+3/p-3. The smallest absolute Gasteiger partial charge is 1.00 e. The summed E-state index contributed by atoms with van der Waals surface area (Å²) < 4.78 is 0.610. The van der Waals surface area contributed by atoms with E-state index in [4.69, 9.17) is 0 Å². The van der Waals surface area contributed by atoms with Crippen molar-refractivity contribution in [1.29, 1.82) is 0 Å². The Bertz CT molecular complexity index is 361. The average Bonchev–Trinajstić information content (AvgIpc) is 2.35. The number of hydrogen-bond donors (Lipinski definition) is 0. The van der Waals surface area contributed by atoms with Gasteiger partial charge < -0.3 is 37.2 Å². The van der Waals surface area contributed by atoms with Crippen LogP contribution in [0.3, 0.4) is 0 Å². The molecule has 0 saturated heterocycles. The number of rotatable bonds is 0. The maximum atomic E-state index is 2.31. The quantitative estimate of drug-likeness (QED) is 0.418. The van der Waals surface area contributed by atoms with Crippen LogP contribution in [-0.2, 0) is 20.4 Å². The Labute approximate surface area is 122 Å². The molecule has 4 heteroatoms. The number of aryl methyl sites for hydroxylation is 2. The summed E-state index contributed by atoms with van der Waals surface area (Å²) >= 11 is 2.25. The first-order chi connectivity index (χ1) is 5.68. The molecule has 15 heavy (non-hydrogen) atoms. The molecule has 2 rings (SSSR count). The minimum absolute atomic E-state index is 0. The number of allylic oxidation sites excluding steroid dienone is 1. The maximum absolute atomic E-state index is 2.31. The molecule has 1 unspecified atom stereocenters. The fourth-order valence-corrected chi connectivity index (χ4v) is 2.12. The Morgan fingerprint density at radius 1 is 1.00 bits per heavy atom. The molecule has 1 aromatic rings. The van der Waals surface area contributed by atoms with Crippen LogP contribution in [0.2, 0.25) is 0 Å². The van der Waals surface area contributed by atoms with E-state index < -0.39 is 0 Å². The van der Waals surface area contributed by atoms with E-state index in [1.165, 1.54) is 22.3 Å². The Morgan fingerprint density at radius 3 is 2.13 bits per heavy atom. The number of hydrogen-bond acceptors (Lipinski definition) is 0. The van der Waals surface area contributed by atoms with Crippen molar-refractivity contribution in [1.82, 2.24) is 0 Å². The third-order valence-corrected chi connectivity index (χ3v) is 3.29. The first-order valence-electron chi connectivity index (χ1n) is 4.19. The molecule has 0 N–H and O–H groups in total. The van der Waals surface area contributed by atoms with Crippen LogP contribution < -0.4 is 37.2 Å². The molecule has 1 aromatic carbocycles. The normalized spacial score (nSPS) is 15.9. The van der Waals surface area contributed by atoms with Crippen molar-refractivity contribution in [2.45, 2.75) is 18.1 Å². The van der Waals surface area contributed by atoms with Crippen molar-refractivity contribution in [3.05, 3.63) is 40.5 Å². The van der Waals surface area contributed by atoms with Gasteiger partial charge in [-0.15, -0.1) is 0 Å². The van der Waals surface area contributed by atoms with Gasteiger partial charge in [0.15, 0.2) is 0 Å². The zero-order valence-corrected chi connectivity index (χ0v) is 12.3. The molecule has 0 aromatic heterocycles. The summed E-state index contributed by atoms with van der Waals surface area (Å²) in [4.78, 5) is 0. The largest absolute Gasteiger partial charge is 1.00 e. The van der Waals surface area contributed by atoms with E-state index in [-0.39, 0.29) is 37.2 Å². The number of benzene rings is 1. The third-order valence-electron chi connectivity index (χ3n) is 2.50. The number of halogens is 3. The molecule has 1 atom stereocenters. The molecule has 0 fully saturated rings. The van der Waals surface area contributed by atoms with Gasteiger partial charge >= 0.3 is 85.0 Å². The average molecular weight is 297 g/mol. The van der Waals surface area contributed by atoms with Crippen LogP contribution >= 0.6 is 0 Å². The zero-order chi connectivity index (χ0) is 8.72. The van der Waals surface area contributed by atoms with E-state index in [0.717, 1.165) is 0 Å².